The van der Waals surface area contributed by atoms with Gasteiger partial charge in [-0.05, 0) is 42.3 Å². The van der Waals surface area contributed by atoms with E-state index < -0.39 is 27.5 Å². The number of anilines is 2. The molecule has 0 spiro atoms. The van der Waals surface area contributed by atoms with Gasteiger partial charge < -0.3 is 26.6 Å². The van der Waals surface area contributed by atoms with Crippen LogP contribution in [0.3, 0.4) is 0 Å². The highest BCUT2D eigenvalue weighted by Crippen LogP contribution is 2.35. The number of phenolic OH excluding ortho intramolecular Hbond substituents is 1. The van der Waals surface area contributed by atoms with E-state index in [1.54, 1.807) is 30.3 Å². The summed E-state index contributed by atoms with van der Waals surface area (Å²) < 4.78 is 31.6. The van der Waals surface area contributed by atoms with Crippen molar-refractivity contribution in [1.29, 1.82) is 5.41 Å². The summed E-state index contributed by atoms with van der Waals surface area (Å²) in [5.41, 5.74) is 11.8. The van der Waals surface area contributed by atoms with Crippen molar-refractivity contribution in [3.05, 3.63) is 72.3 Å². The molecule has 0 heterocycles. The number of nitrogen functional groups attached to an aromatic ring is 1. The van der Waals surface area contributed by atoms with Crippen LogP contribution in [0.5, 0.6) is 11.5 Å². The summed E-state index contributed by atoms with van der Waals surface area (Å²) in [5, 5.41) is 20.5. The number of esters is 1. The van der Waals surface area contributed by atoms with Gasteiger partial charge in [-0.25, -0.2) is 8.42 Å². The topological polar surface area (TPSA) is 169 Å². The zero-order valence-corrected chi connectivity index (χ0v) is 17.7. The number of nitrogens with one attached hydrogen (secondary N) is 2. The number of carbonyl (C=O) groups is 1. The molecule has 9 nitrogen and oxygen atoms in total. The number of guanidine groups is 1. The summed E-state index contributed by atoms with van der Waals surface area (Å²) in [7, 11) is -4.16. The number of rotatable bonds is 7. The van der Waals surface area contributed by atoms with E-state index in [0.717, 1.165) is 0 Å². The van der Waals surface area contributed by atoms with Crippen LogP contribution in [0, 0.1) is 5.41 Å². The summed E-state index contributed by atoms with van der Waals surface area (Å²) in [4.78, 5) is 11.7. The number of hydrogen-bond acceptors (Lipinski definition) is 7. The van der Waals surface area contributed by atoms with E-state index in [1.807, 2.05) is 0 Å². The van der Waals surface area contributed by atoms with Crippen LogP contribution < -0.4 is 21.5 Å². The van der Waals surface area contributed by atoms with E-state index >= 15 is 0 Å². The average Bonchev–Trinajstić information content (AvgIpc) is 2.74. The minimum atomic E-state index is -4.16. The number of ether oxygens (including phenoxy) is 1. The number of sulfone groups is 1. The molecule has 0 atom stereocenters. The fourth-order valence-electron chi connectivity index (χ4n) is 3.04. The van der Waals surface area contributed by atoms with Gasteiger partial charge in [0.25, 0.3) is 0 Å². The molecule has 7 N–H and O–H groups in total. The number of hydrogen-bond donors (Lipinski definition) is 5. The second-order valence-corrected chi connectivity index (χ2v) is 8.70. The van der Waals surface area contributed by atoms with Crippen LogP contribution in [0.15, 0.2) is 76.5 Å². The first-order chi connectivity index (χ1) is 15.2. The van der Waals surface area contributed by atoms with Crippen LogP contribution in [-0.4, -0.2) is 25.5 Å². The molecular formula is C22H22N4O5S. The molecule has 0 saturated carbocycles. The van der Waals surface area contributed by atoms with Crippen molar-refractivity contribution < 1.29 is 23.1 Å². The van der Waals surface area contributed by atoms with Gasteiger partial charge in [0, 0.05) is 0 Å². The molecule has 0 radical (unpaired) electrons. The van der Waals surface area contributed by atoms with E-state index in [0.29, 0.717) is 5.69 Å². The molecule has 0 aliphatic carbocycles. The molecule has 0 saturated heterocycles. The molecule has 3 aromatic carbocycles. The number of nitrogens with two attached hydrogens (primary N) is 2. The third kappa shape index (κ3) is 4.98. The molecule has 3 rings (SSSR count). The molecule has 32 heavy (non-hydrogen) atoms. The highest BCUT2D eigenvalue weighted by Gasteiger charge is 2.26. The lowest BCUT2D eigenvalue weighted by Gasteiger charge is -2.14. The zero-order chi connectivity index (χ0) is 23.3. The van der Waals surface area contributed by atoms with Crippen molar-refractivity contribution in [3.8, 4) is 11.5 Å². The summed E-state index contributed by atoms with van der Waals surface area (Å²) in [5.74, 6) is -1.24. The van der Waals surface area contributed by atoms with Gasteiger partial charge in [-0.15, -0.1) is 0 Å². The lowest BCUT2D eigenvalue weighted by Crippen LogP contribution is -2.22. The molecule has 0 bridgehead atoms. The summed E-state index contributed by atoms with van der Waals surface area (Å²) in [6, 6.07) is 16.7. The van der Waals surface area contributed by atoms with Gasteiger partial charge in [0.15, 0.2) is 11.7 Å². The molecule has 0 unspecified atom stereocenters. The third-order valence-electron chi connectivity index (χ3n) is 4.56. The Labute approximate surface area is 185 Å². The van der Waals surface area contributed by atoms with Crippen molar-refractivity contribution >= 4 is 33.1 Å². The van der Waals surface area contributed by atoms with Crippen LogP contribution in [0.25, 0.3) is 0 Å². The highest BCUT2D eigenvalue weighted by atomic mass is 32.2. The van der Waals surface area contributed by atoms with E-state index in [-0.39, 0.29) is 39.6 Å². The lowest BCUT2D eigenvalue weighted by atomic mass is 10.1. The van der Waals surface area contributed by atoms with Gasteiger partial charge in [0.1, 0.15) is 10.6 Å². The van der Waals surface area contributed by atoms with Gasteiger partial charge in [0.05, 0.1) is 22.7 Å². The van der Waals surface area contributed by atoms with Crippen LogP contribution in [0.2, 0.25) is 0 Å². The number of phenols is 1. The van der Waals surface area contributed by atoms with E-state index in [9.17, 15) is 18.3 Å². The molecule has 166 valence electrons. The first-order valence-electron chi connectivity index (χ1n) is 9.51. The number of benzene rings is 3. The SMILES string of the molecule is N=C(N)Nc1ccccc1S(=O)(=O)c1cccc(CCC(=O)Oc2ccccc2N)c1O. The van der Waals surface area contributed by atoms with Crippen LogP contribution in [0.4, 0.5) is 11.4 Å². The zero-order valence-electron chi connectivity index (χ0n) is 16.9. The van der Waals surface area contributed by atoms with Crippen molar-refractivity contribution in [2.75, 3.05) is 11.1 Å². The Kier molecular flexibility index (Phi) is 6.64. The minimum Gasteiger partial charge on any atom is -0.506 e. The number of aromatic hydroxyl groups is 1. The first-order valence-corrected chi connectivity index (χ1v) is 11.0. The molecule has 3 aromatic rings. The summed E-state index contributed by atoms with van der Waals surface area (Å²) >= 11 is 0. The van der Waals surface area contributed by atoms with Crippen molar-refractivity contribution in [3.63, 3.8) is 0 Å². The van der Waals surface area contributed by atoms with E-state index in [1.165, 1.54) is 36.4 Å². The first kappa shape index (κ1) is 22.6. The van der Waals surface area contributed by atoms with Gasteiger partial charge >= 0.3 is 5.97 Å². The molecule has 0 amide bonds. The Morgan fingerprint density at radius 2 is 1.66 bits per heavy atom. The monoisotopic (exact) mass is 454 g/mol. The molecular weight excluding hydrogens is 432 g/mol. The van der Waals surface area contributed by atoms with Crippen LogP contribution in [0.1, 0.15) is 12.0 Å². The van der Waals surface area contributed by atoms with Crippen LogP contribution in [-0.2, 0) is 21.1 Å². The van der Waals surface area contributed by atoms with Crippen LogP contribution >= 0.6 is 0 Å². The number of para-hydroxylation sites is 4. The summed E-state index contributed by atoms with van der Waals surface area (Å²) in [6.07, 6.45) is -0.0536. The lowest BCUT2D eigenvalue weighted by molar-refractivity contribution is -0.134. The number of aryl methyl sites for hydroxylation is 1. The largest absolute Gasteiger partial charge is 0.506 e. The predicted octanol–water partition coefficient (Wildman–Crippen LogP) is 2.65. The molecule has 10 heteroatoms. The average molecular weight is 455 g/mol. The number of carbonyl (C=O) groups excluding carboxylic acids is 1. The van der Waals surface area contributed by atoms with Gasteiger partial charge in [-0.1, -0.05) is 36.4 Å². The van der Waals surface area contributed by atoms with Gasteiger partial charge in [-0.3, -0.25) is 10.2 Å². The maximum atomic E-state index is 13.2. The molecule has 0 aliphatic rings. The Balaban J connectivity index is 1.83. The minimum absolute atomic E-state index is 0.0497. The normalized spacial score (nSPS) is 11.0. The molecule has 0 fully saturated rings. The molecule has 0 aliphatic heterocycles. The maximum absolute atomic E-state index is 13.2. The quantitative estimate of drug-likeness (QED) is 0.119. The van der Waals surface area contributed by atoms with Crippen molar-refractivity contribution in [1.82, 2.24) is 0 Å². The fourth-order valence-corrected chi connectivity index (χ4v) is 4.58. The Hall–Kier alpha value is -4.05. The summed E-state index contributed by atoms with van der Waals surface area (Å²) in [6.45, 7) is 0. The highest BCUT2D eigenvalue weighted by molar-refractivity contribution is 7.91. The second-order valence-electron chi connectivity index (χ2n) is 6.81. The smallest absolute Gasteiger partial charge is 0.311 e. The van der Waals surface area contributed by atoms with E-state index in [4.69, 9.17) is 21.6 Å². The maximum Gasteiger partial charge on any atom is 0.311 e. The standard InChI is InChI=1S/C22H22N4O5S/c23-15-7-1-3-9-17(15)31-20(27)13-12-14-6-5-11-19(21(14)28)32(29,30)18-10-4-2-8-16(18)26-22(24)25/h1-11,28H,12-13,23H2,(H4,24,25,26). The van der Waals surface area contributed by atoms with Gasteiger partial charge in [0.2, 0.25) is 9.84 Å². The van der Waals surface area contributed by atoms with Crippen molar-refractivity contribution in [2.24, 2.45) is 5.73 Å². The molecule has 0 aromatic heterocycles. The Morgan fingerprint density at radius 3 is 2.38 bits per heavy atom. The fraction of sp³-hybridized carbons (Fsp3) is 0.0909. The Morgan fingerprint density at radius 1 is 1.00 bits per heavy atom. The van der Waals surface area contributed by atoms with E-state index in [2.05, 4.69) is 5.32 Å². The Bertz CT molecular complexity index is 1270. The predicted molar refractivity (Wildman–Crippen MR) is 120 cm³/mol. The van der Waals surface area contributed by atoms with Crippen molar-refractivity contribution in [2.45, 2.75) is 22.6 Å². The van der Waals surface area contributed by atoms with Gasteiger partial charge in [-0.2, -0.15) is 0 Å². The third-order valence-corrected chi connectivity index (χ3v) is 6.40. The second kappa shape index (κ2) is 9.40.